The Bertz CT molecular complexity index is 774. The lowest BCUT2D eigenvalue weighted by atomic mass is 10.2. The summed E-state index contributed by atoms with van der Waals surface area (Å²) < 4.78 is 28.1. The van der Waals surface area contributed by atoms with Crippen molar-refractivity contribution in [3.8, 4) is 0 Å². The molecular weight excluding hydrogens is 354 g/mol. The van der Waals surface area contributed by atoms with Gasteiger partial charge < -0.3 is 5.32 Å². The predicted octanol–water partition coefficient (Wildman–Crippen LogP) is 1.98. The number of benzene rings is 1. The first-order valence-electron chi connectivity index (χ1n) is 6.73. The first-order valence-corrected chi connectivity index (χ1v) is 8.97. The second-order valence-electron chi connectivity index (χ2n) is 5.11. The van der Waals surface area contributed by atoms with E-state index in [0.717, 1.165) is 11.8 Å². The van der Waals surface area contributed by atoms with Gasteiger partial charge in [-0.1, -0.05) is 12.1 Å². The average Bonchev–Trinajstić information content (AvgIpc) is 2.97. The standard InChI is InChI=1S/C14H16BrN3O2S/c1-16-11-5-6-18(9-11)21(19,20)13-4-2-3-10-7-17-8-12(15)14(10)13/h2-4,7-8,11,16H,5-6,9H2,1H3. The predicted molar refractivity (Wildman–Crippen MR) is 85.7 cm³/mol. The molecule has 112 valence electrons. The average molecular weight is 370 g/mol. The van der Waals surface area contributed by atoms with Crippen molar-refractivity contribution < 1.29 is 8.42 Å². The van der Waals surface area contributed by atoms with Gasteiger partial charge in [-0.25, -0.2) is 8.42 Å². The van der Waals surface area contributed by atoms with Crippen LogP contribution in [0, 0.1) is 0 Å². The fourth-order valence-electron chi connectivity index (χ4n) is 2.70. The number of pyridine rings is 1. The van der Waals surface area contributed by atoms with Crippen LogP contribution in [0.25, 0.3) is 10.8 Å². The van der Waals surface area contributed by atoms with E-state index in [1.165, 1.54) is 0 Å². The summed E-state index contributed by atoms with van der Waals surface area (Å²) in [5.41, 5.74) is 0. The first kappa shape index (κ1) is 14.9. The summed E-state index contributed by atoms with van der Waals surface area (Å²) in [5, 5.41) is 4.65. The molecule has 0 bridgehead atoms. The molecule has 1 unspecified atom stereocenters. The highest BCUT2D eigenvalue weighted by molar-refractivity contribution is 9.10. The normalized spacial score (nSPS) is 20.2. The zero-order chi connectivity index (χ0) is 15.0. The van der Waals surface area contributed by atoms with Crippen LogP contribution in [-0.4, -0.2) is 43.9 Å². The molecule has 1 aliphatic heterocycles. The zero-order valence-electron chi connectivity index (χ0n) is 11.6. The van der Waals surface area contributed by atoms with Crippen LogP contribution in [-0.2, 0) is 10.0 Å². The van der Waals surface area contributed by atoms with Gasteiger partial charge in [0.25, 0.3) is 0 Å². The second kappa shape index (κ2) is 5.64. The third-order valence-electron chi connectivity index (χ3n) is 3.88. The minimum atomic E-state index is -3.50. The van der Waals surface area contributed by atoms with Crippen LogP contribution in [0.3, 0.4) is 0 Å². The molecule has 5 nitrogen and oxygen atoms in total. The van der Waals surface area contributed by atoms with E-state index in [0.29, 0.717) is 27.8 Å². The summed E-state index contributed by atoms with van der Waals surface area (Å²) in [6.07, 6.45) is 4.14. The molecule has 1 N–H and O–H groups in total. The van der Waals surface area contributed by atoms with E-state index < -0.39 is 10.0 Å². The molecule has 1 saturated heterocycles. The van der Waals surface area contributed by atoms with Crippen molar-refractivity contribution in [2.45, 2.75) is 17.4 Å². The van der Waals surface area contributed by atoms with E-state index in [2.05, 4.69) is 26.2 Å². The number of fused-ring (bicyclic) bond motifs is 1. The molecule has 1 aliphatic rings. The second-order valence-corrected chi connectivity index (χ2v) is 7.87. The number of aromatic nitrogens is 1. The van der Waals surface area contributed by atoms with E-state index in [1.54, 1.807) is 28.8 Å². The van der Waals surface area contributed by atoms with Gasteiger partial charge in [0.15, 0.2) is 0 Å². The van der Waals surface area contributed by atoms with Crippen LogP contribution in [0.15, 0.2) is 40.0 Å². The zero-order valence-corrected chi connectivity index (χ0v) is 14.0. The third kappa shape index (κ3) is 2.59. The van der Waals surface area contributed by atoms with Gasteiger partial charge in [0.05, 0.1) is 4.90 Å². The molecule has 0 saturated carbocycles. The summed E-state index contributed by atoms with van der Waals surface area (Å²) in [5.74, 6) is 0. The molecular formula is C14H16BrN3O2S. The summed E-state index contributed by atoms with van der Waals surface area (Å²) in [4.78, 5) is 4.43. The number of halogens is 1. The molecule has 0 radical (unpaired) electrons. The van der Waals surface area contributed by atoms with Gasteiger partial charge in [-0.3, -0.25) is 4.98 Å². The first-order chi connectivity index (χ1) is 10.0. The molecule has 0 spiro atoms. The Balaban J connectivity index is 2.12. The molecule has 3 rings (SSSR count). The van der Waals surface area contributed by atoms with Gasteiger partial charge in [0, 0.05) is 46.8 Å². The van der Waals surface area contributed by atoms with Crippen LogP contribution in [0.4, 0.5) is 0 Å². The van der Waals surface area contributed by atoms with E-state index in [9.17, 15) is 8.42 Å². The number of nitrogens with zero attached hydrogens (tertiary/aromatic N) is 2. The maximum Gasteiger partial charge on any atom is 0.243 e. The molecule has 0 amide bonds. The van der Waals surface area contributed by atoms with E-state index in [1.807, 2.05) is 13.1 Å². The molecule has 2 aromatic rings. The highest BCUT2D eigenvalue weighted by Crippen LogP contribution is 2.32. The van der Waals surface area contributed by atoms with Crippen molar-refractivity contribution in [2.75, 3.05) is 20.1 Å². The largest absolute Gasteiger partial charge is 0.316 e. The Morgan fingerprint density at radius 3 is 2.90 bits per heavy atom. The quantitative estimate of drug-likeness (QED) is 0.898. The van der Waals surface area contributed by atoms with Crippen LogP contribution in [0.5, 0.6) is 0 Å². The van der Waals surface area contributed by atoms with Crippen LogP contribution in [0.1, 0.15) is 6.42 Å². The van der Waals surface area contributed by atoms with Crippen molar-refractivity contribution in [3.05, 3.63) is 35.1 Å². The summed E-state index contributed by atoms with van der Waals surface area (Å²) in [6, 6.07) is 5.51. The highest BCUT2D eigenvalue weighted by atomic mass is 79.9. The lowest BCUT2D eigenvalue weighted by molar-refractivity contribution is 0.465. The van der Waals surface area contributed by atoms with Crippen molar-refractivity contribution in [1.82, 2.24) is 14.6 Å². The summed E-state index contributed by atoms with van der Waals surface area (Å²) >= 11 is 3.42. The monoisotopic (exact) mass is 369 g/mol. The van der Waals surface area contributed by atoms with Crippen molar-refractivity contribution in [3.63, 3.8) is 0 Å². The molecule has 21 heavy (non-hydrogen) atoms. The van der Waals surface area contributed by atoms with Gasteiger partial charge in [0.1, 0.15) is 0 Å². The highest BCUT2D eigenvalue weighted by Gasteiger charge is 2.33. The van der Waals surface area contributed by atoms with Crippen molar-refractivity contribution in [2.24, 2.45) is 0 Å². The number of likely N-dealkylation sites (N-methyl/N-ethyl adjacent to an activating group) is 1. The maximum atomic E-state index is 12.9. The molecule has 2 heterocycles. The molecule has 1 aromatic heterocycles. The van der Waals surface area contributed by atoms with Crippen LogP contribution < -0.4 is 5.32 Å². The van der Waals surface area contributed by atoms with Crippen LogP contribution in [0.2, 0.25) is 0 Å². The molecule has 7 heteroatoms. The lowest BCUT2D eigenvalue weighted by Crippen LogP contribution is -2.33. The summed E-state index contributed by atoms with van der Waals surface area (Å²) in [6.45, 7) is 1.06. The molecule has 1 atom stereocenters. The van der Waals surface area contributed by atoms with E-state index >= 15 is 0 Å². The Morgan fingerprint density at radius 1 is 1.38 bits per heavy atom. The Labute approximate surface area is 132 Å². The Morgan fingerprint density at radius 2 is 2.19 bits per heavy atom. The van der Waals surface area contributed by atoms with Gasteiger partial charge in [0.2, 0.25) is 10.0 Å². The van der Waals surface area contributed by atoms with Gasteiger partial charge in [-0.15, -0.1) is 0 Å². The van der Waals surface area contributed by atoms with Gasteiger partial charge in [-0.05, 0) is 35.5 Å². The van der Waals surface area contributed by atoms with Crippen LogP contribution >= 0.6 is 15.9 Å². The number of hydrogen-bond acceptors (Lipinski definition) is 4. The molecule has 1 fully saturated rings. The lowest BCUT2D eigenvalue weighted by Gasteiger charge is -2.18. The topological polar surface area (TPSA) is 62.3 Å². The van der Waals surface area contributed by atoms with Gasteiger partial charge >= 0.3 is 0 Å². The smallest absolute Gasteiger partial charge is 0.243 e. The number of hydrogen-bond donors (Lipinski definition) is 1. The van der Waals surface area contributed by atoms with E-state index in [-0.39, 0.29) is 6.04 Å². The number of nitrogens with one attached hydrogen (secondary N) is 1. The fraction of sp³-hybridized carbons (Fsp3) is 0.357. The number of sulfonamides is 1. The van der Waals surface area contributed by atoms with Crippen molar-refractivity contribution in [1.29, 1.82) is 0 Å². The molecule has 1 aromatic carbocycles. The fourth-order valence-corrected chi connectivity index (χ4v) is 5.12. The SMILES string of the molecule is CNC1CCN(S(=O)(=O)c2cccc3cncc(Br)c23)C1. The maximum absolute atomic E-state index is 12.9. The molecule has 0 aliphatic carbocycles. The minimum absolute atomic E-state index is 0.222. The number of rotatable bonds is 3. The van der Waals surface area contributed by atoms with E-state index in [4.69, 9.17) is 0 Å². The van der Waals surface area contributed by atoms with Crippen molar-refractivity contribution >= 4 is 36.7 Å². The Kier molecular flexibility index (Phi) is 4.00. The van der Waals surface area contributed by atoms with Gasteiger partial charge in [-0.2, -0.15) is 4.31 Å². The Hall–Kier alpha value is -1.02. The summed E-state index contributed by atoms with van der Waals surface area (Å²) in [7, 11) is -1.63. The minimum Gasteiger partial charge on any atom is -0.316 e. The third-order valence-corrected chi connectivity index (χ3v) is 6.38.